The minimum atomic E-state index is 0. The van der Waals surface area contributed by atoms with E-state index in [2.05, 4.69) is 22.1 Å². The average Bonchev–Trinajstić information content (AvgIpc) is 3.21. The Kier molecular flexibility index (Phi) is 5.37. The van der Waals surface area contributed by atoms with Gasteiger partial charge in [-0.1, -0.05) is 25.1 Å². The molecular weight excluding hydrogens is 336 g/mol. The summed E-state index contributed by atoms with van der Waals surface area (Å²) in [5.41, 5.74) is 2.13. The van der Waals surface area contributed by atoms with Gasteiger partial charge in [0, 0.05) is 50.2 Å². The van der Waals surface area contributed by atoms with E-state index >= 15 is 0 Å². The summed E-state index contributed by atoms with van der Waals surface area (Å²) < 4.78 is 0. The molecule has 0 bridgehead atoms. The van der Waals surface area contributed by atoms with Gasteiger partial charge < -0.3 is 15.2 Å². The van der Waals surface area contributed by atoms with E-state index in [0.717, 1.165) is 56.7 Å². The van der Waals surface area contributed by atoms with E-state index in [1.54, 1.807) is 0 Å². The van der Waals surface area contributed by atoms with Gasteiger partial charge in [-0.05, 0) is 30.5 Å². The second kappa shape index (κ2) is 7.36. The highest BCUT2D eigenvalue weighted by molar-refractivity contribution is 5.98. The topological polar surface area (TPSA) is 51.4 Å². The lowest BCUT2D eigenvalue weighted by molar-refractivity contribution is 0.0577. The molecule has 1 aromatic carbocycles. The normalized spacial score (nSPS) is 24.4. The number of H-pyrrole nitrogens is 1. The Morgan fingerprint density at radius 2 is 1.96 bits per heavy atom. The molecule has 1 aromatic heterocycles. The number of carbonyl (C=O) groups excluding carboxylic acids is 1. The third kappa shape index (κ3) is 3.84. The molecule has 0 aliphatic carbocycles. The Labute approximate surface area is 155 Å². The molecule has 3 heterocycles. The average molecular weight is 363 g/mol. The van der Waals surface area contributed by atoms with Crippen molar-refractivity contribution < 1.29 is 4.79 Å². The fraction of sp³-hybridized carbons (Fsp3) is 0.526. The van der Waals surface area contributed by atoms with E-state index in [4.69, 9.17) is 0 Å². The number of nitrogens with zero attached hydrogens (tertiary/aromatic N) is 2. The number of aromatic nitrogens is 1. The predicted molar refractivity (Wildman–Crippen MR) is 103 cm³/mol. The van der Waals surface area contributed by atoms with Crippen LogP contribution in [0, 0.1) is 5.41 Å². The maximum Gasteiger partial charge on any atom is 0.270 e. The first kappa shape index (κ1) is 18.2. The smallest absolute Gasteiger partial charge is 0.270 e. The highest BCUT2D eigenvalue weighted by Crippen LogP contribution is 2.26. The van der Waals surface area contributed by atoms with Crippen LogP contribution in [-0.4, -0.2) is 66.5 Å². The summed E-state index contributed by atoms with van der Waals surface area (Å²) in [6, 6.07) is 10.0. The fourth-order valence-electron chi connectivity index (χ4n) is 4.01. The maximum absolute atomic E-state index is 12.7. The van der Waals surface area contributed by atoms with Crippen LogP contribution in [0.2, 0.25) is 0 Å². The predicted octanol–water partition coefficient (Wildman–Crippen LogP) is 2.35. The molecule has 1 atom stereocenters. The summed E-state index contributed by atoms with van der Waals surface area (Å²) in [6.45, 7) is 9.33. The maximum atomic E-state index is 12.7. The first-order chi connectivity index (χ1) is 11.6. The molecule has 0 saturated carbocycles. The Morgan fingerprint density at radius 1 is 1.20 bits per heavy atom. The molecule has 2 N–H and O–H groups in total. The van der Waals surface area contributed by atoms with Gasteiger partial charge in [0.2, 0.25) is 0 Å². The van der Waals surface area contributed by atoms with Gasteiger partial charge in [0.1, 0.15) is 5.69 Å². The van der Waals surface area contributed by atoms with Crippen LogP contribution in [0.15, 0.2) is 30.3 Å². The van der Waals surface area contributed by atoms with Gasteiger partial charge in [-0.15, -0.1) is 12.4 Å². The van der Waals surface area contributed by atoms with Crippen molar-refractivity contribution in [1.82, 2.24) is 20.1 Å². The van der Waals surface area contributed by atoms with Crippen molar-refractivity contribution in [3.63, 3.8) is 0 Å². The number of para-hydroxylation sites is 1. The zero-order chi connectivity index (χ0) is 16.6. The zero-order valence-corrected chi connectivity index (χ0v) is 15.6. The summed E-state index contributed by atoms with van der Waals surface area (Å²) in [6.07, 6.45) is 1.25. The van der Waals surface area contributed by atoms with Crippen molar-refractivity contribution in [2.45, 2.75) is 13.3 Å². The van der Waals surface area contributed by atoms with Gasteiger partial charge >= 0.3 is 0 Å². The molecule has 1 amide bonds. The van der Waals surface area contributed by atoms with Crippen LogP contribution >= 0.6 is 12.4 Å². The standard InChI is InChI=1S/C19H26N4O.ClH/c1-19(6-7-20-13-19)14-22-8-10-23(11-9-22)18(24)17-12-15-4-2-3-5-16(15)21-17;/h2-5,12,20-21H,6-11,13-14H2,1H3;1H. The van der Waals surface area contributed by atoms with Gasteiger partial charge in [0.05, 0.1) is 0 Å². The molecule has 2 aliphatic heterocycles. The molecule has 0 radical (unpaired) electrons. The highest BCUT2D eigenvalue weighted by atomic mass is 35.5. The number of rotatable bonds is 3. The van der Waals surface area contributed by atoms with E-state index in [1.165, 1.54) is 6.42 Å². The summed E-state index contributed by atoms with van der Waals surface area (Å²) in [7, 11) is 0. The second-order valence-corrected chi connectivity index (χ2v) is 7.58. The first-order valence-electron chi connectivity index (χ1n) is 8.93. The van der Waals surface area contributed by atoms with Crippen LogP contribution in [0.25, 0.3) is 10.9 Å². The van der Waals surface area contributed by atoms with Crippen molar-refractivity contribution in [2.24, 2.45) is 5.41 Å². The van der Waals surface area contributed by atoms with E-state index in [9.17, 15) is 4.79 Å². The van der Waals surface area contributed by atoms with Crippen LogP contribution in [0.4, 0.5) is 0 Å². The lowest BCUT2D eigenvalue weighted by Crippen LogP contribution is -2.51. The number of halogens is 1. The first-order valence-corrected chi connectivity index (χ1v) is 8.93. The van der Waals surface area contributed by atoms with Crippen LogP contribution in [0.5, 0.6) is 0 Å². The highest BCUT2D eigenvalue weighted by Gasteiger charge is 2.32. The van der Waals surface area contributed by atoms with E-state index < -0.39 is 0 Å². The Balaban J connectivity index is 0.00000182. The lowest BCUT2D eigenvalue weighted by Gasteiger charge is -2.38. The Hall–Kier alpha value is -1.56. The molecule has 2 aliphatic rings. The summed E-state index contributed by atoms with van der Waals surface area (Å²) in [5.74, 6) is 0.125. The lowest BCUT2D eigenvalue weighted by atomic mass is 9.89. The second-order valence-electron chi connectivity index (χ2n) is 7.58. The number of aromatic amines is 1. The Morgan fingerprint density at radius 3 is 2.64 bits per heavy atom. The van der Waals surface area contributed by atoms with Crippen molar-refractivity contribution in [1.29, 1.82) is 0 Å². The summed E-state index contributed by atoms with van der Waals surface area (Å²) >= 11 is 0. The molecule has 136 valence electrons. The molecule has 2 fully saturated rings. The fourth-order valence-corrected chi connectivity index (χ4v) is 4.01. The van der Waals surface area contributed by atoms with E-state index in [0.29, 0.717) is 11.1 Å². The number of nitrogens with one attached hydrogen (secondary N) is 2. The molecule has 4 rings (SSSR count). The van der Waals surface area contributed by atoms with Crippen molar-refractivity contribution in [3.05, 3.63) is 36.0 Å². The number of piperazine rings is 1. The molecule has 6 heteroatoms. The van der Waals surface area contributed by atoms with Gasteiger partial charge in [-0.2, -0.15) is 0 Å². The van der Waals surface area contributed by atoms with Crippen molar-refractivity contribution >= 4 is 29.2 Å². The van der Waals surface area contributed by atoms with Crippen molar-refractivity contribution in [3.8, 4) is 0 Å². The molecule has 0 spiro atoms. The zero-order valence-electron chi connectivity index (χ0n) is 14.8. The van der Waals surface area contributed by atoms with Gasteiger partial charge in [0.25, 0.3) is 5.91 Å². The van der Waals surface area contributed by atoms with Gasteiger partial charge in [-0.3, -0.25) is 9.69 Å². The summed E-state index contributed by atoms with van der Waals surface area (Å²) in [5, 5.41) is 4.57. The third-order valence-corrected chi connectivity index (χ3v) is 5.48. The molecule has 2 aromatic rings. The van der Waals surface area contributed by atoms with E-state index in [-0.39, 0.29) is 18.3 Å². The van der Waals surface area contributed by atoms with Crippen LogP contribution in [0.3, 0.4) is 0 Å². The monoisotopic (exact) mass is 362 g/mol. The van der Waals surface area contributed by atoms with Gasteiger partial charge in [-0.25, -0.2) is 0 Å². The van der Waals surface area contributed by atoms with Crippen LogP contribution in [-0.2, 0) is 0 Å². The van der Waals surface area contributed by atoms with Crippen LogP contribution in [0.1, 0.15) is 23.8 Å². The number of hydrogen-bond donors (Lipinski definition) is 2. The van der Waals surface area contributed by atoms with Gasteiger partial charge in [0.15, 0.2) is 0 Å². The molecule has 25 heavy (non-hydrogen) atoms. The number of fused-ring (bicyclic) bond motifs is 1. The Bertz CT molecular complexity index is 697. The number of carbonyl (C=O) groups is 1. The molecule has 2 saturated heterocycles. The largest absolute Gasteiger partial charge is 0.351 e. The number of hydrogen-bond acceptors (Lipinski definition) is 3. The van der Waals surface area contributed by atoms with E-state index in [1.807, 2.05) is 35.2 Å². The molecular formula is C19H27ClN4O. The third-order valence-electron chi connectivity index (χ3n) is 5.48. The number of amides is 1. The number of benzene rings is 1. The minimum absolute atomic E-state index is 0. The quantitative estimate of drug-likeness (QED) is 0.881. The van der Waals surface area contributed by atoms with Crippen LogP contribution < -0.4 is 5.32 Å². The summed E-state index contributed by atoms with van der Waals surface area (Å²) in [4.78, 5) is 20.5. The minimum Gasteiger partial charge on any atom is -0.351 e. The van der Waals surface area contributed by atoms with Crippen molar-refractivity contribution in [2.75, 3.05) is 45.8 Å². The molecule has 5 nitrogen and oxygen atoms in total. The SMILES string of the molecule is CC1(CN2CCN(C(=O)c3cc4ccccc4[nH]3)CC2)CCNC1.Cl. The molecule has 1 unspecified atom stereocenters.